The van der Waals surface area contributed by atoms with E-state index in [2.05, 4.69) is 15.1 Å². The van der Waals surface area contributed by atoms with E-state index in [1.54, 1.807) is 31.2 Å². The molecular formula is C24H24FN7O4. The van der Waals surface area contributed by atoms with Gasteiger partial charge in [-0.05, 0) is 36.8 Å². The molecule has 1 amide bonds. The standard InChI is InChI=1S/C24H24FN7O4/c1-15-27-21(29-32(15)18-10-8-17(25)9-11-18)23(34)31(14-16-6-4-3-5-7-16)19-20(26)30(12-13-36-2)24(35)28-22(19)33/h3-11H,12-14,26H2,1-2H3,(H,28,33,35). The van der Waals surface area contributed by atoms with Crippen molar-refractivity contribution in [2.45, 2.75) is 20.0 Å². The van der Waals surface area contributed by atoms with Crippen LogP contribution in [-0.4, -0.2) is 43.9 Å². The zero-order valence-corrected chi connectivity index (χ0v) is 19.6. The molecule has 3 N–H and O–H groups in total. The lowest BCUT2D eigenvalue weighted by Gasteiger charge is -2.23. The number of hydrogen-bond donors (Lipinski definition) is 2. The molecule has 186 valence electrons. The second kappa shape index (κ2) is 10.4. The van der Waals surface area contributed by atoms with Gasteiger partial charge in [0.1, 0.15) is 17.5 Å². The highest BCUT2D eigenvalue weighted by Gasteiger charge is 2.29. The highest BCUT2D eigenvalue weighted by Crippen LogP contribution is 2.22. The smallest absolute Gasteiger partial charge is 0.330 e. The zero-order valence-electron chi connectivity index (χ0n) is 19.6. The molecule has 4 aromatic rings. The molecule has 0 spiro atoms. The van der Waals surface area contributed by atoms with Crippen molar-refractivity contribution in [2.24, 2.45) is 0 Å². The number of methoxy groups -OCH3 is 1. The number of aryl methyl sites for hydroxylation is 1. The number of benzene rings is 2. The minimum absolute atomic E-state index is 0.0421. The van der Waals surface area contributed by atoms with Crippen LogP contribution < -0.4 is 21.9 Å². The van der Waals surface area contributed by atoms with Gasteiger partial charge >= 0.3 is 5.69 Å². The molecule has 12 heteroatoms. The van der Waals surface area contributed by atoms with Gasteiger partial charge < -0.3 is 10.5 Å². The van der Waals surface area contributed by atoms with E-state index in [0.29, 0.717) is 17.1 Å². The zero-order chi connectivity index (χ0) is 25.8. The van der Waals surface area contributed by atoms with Gasteiger partial charge in [-0.3, -0.25) is 24.0 Å². The van der Waals surface area contributed by atoms with Crippen LogP contribution in [0, 0.1) is 12.7 Å². The summed E-state index contributed by atoms with van der Waals surface area (Å²) in [5.41, 5.74) is 5.69. The third kappa shape index (κ3) is 4.93. The predicted octanol–water partition coefficient (Wildman–Crippen LogP) is 1.64. The van der Waals surface area contributed by atoms with Gasteiger partial charge in [0.15, 0.2) is 5.69 Å². The van der Waals surface area contributed by atoms with Gasteiger partial charge in [0.2, 0.25) is 5.82 Å². The second-order valence-electron chi connectivity index (χ2n) is 7.89. The number of nitrogen functional groups attached to an aromatic ring is 1. The van der Waals surface area contributed by atoms with Crippen LogP contribution in [0.4, 0.5) is 15.9 Å². The Labute approximate surface area is 204 Å². The summed E-state index contributed by atoms with van der Waals surface area (Å²) in [5.74, 6) is -1.16. The molecule has 11 nitrogen and oxygen atoms in total. The Balaban J connectivity index is 1.82. The molecular weight excluding hydrogens is 469 g/mol. The van der Waals surface area contributed by atoms with Crippen molar-refractivity contribution in [2.75, 3.05) is 24.4 Å². The molecule has 0 aliphatic heterocycles. The van der Waals surface area contributed by atoms with Gasteiger partial charge in [-0.15, -0.1) is 5.10 Å². The number of rotatable bonds is 8. The van der Waals surface area contributed by atoms with Crippen LogP contribution in [0.2, 0.25) is 0 Å². The molecule has 36 heavy (non-hydrogen) atoms. The molecule has 2 aromatic heterocycles. The summed E-state index contributed by atoms with van der Waals surface area (Å²) in [6.07, 6.45) is 0. The van der Waals surface area contributed by atoms with Crippen LogP contribution in [0.5, 0.6) is 0 Å². The molecule has 0 aliphatic carbocycles. The Morgan fingerprint density at radius 2 is 1.83 bits per heavy atom. The topological polar surface area (TPSA) is 141 Å². The van der Waals surface area contributed by atoms with E-state index in [-0.39, 0.29) is 37.0 Å². The van der Waals surface area contributed by atoms with Crippen molar-refractivity contribution >= 4 is 17.4 Å². The number of nitrogens with zero attached hydrogens (tertiary/aromatic N) is 5. The maximum Gasteiger partial charge on any atom is 0.330 e. The number of anilines is 2. The lowest BCUT2D eigenvalue weighted by Crippen LogP contribution is -2.41. The van der Waals surface area contributed by atoms with Crippen molar-refractivity contribution in [3.05, 3.63) is 98.5 Å². The minimum Gasteiger partial charge on any atom is -0.383 e. The molecule has 0 fully saturated rings. The number of ether oxygens (including phenoxy) is 1. The third-order valence-corrected chi connectivity index (χ3v) is 5.46. The largest absolute Gasteiger partial charge is 0.383 e. The van der Waals surface area contributed by atoms with Gasteiger partial charge in [0, 0.05) is 7.11 Å². The molecule has 0 atom stereocenters. The lowest BCUT2D eigenvalue weighted by atomic mass is 10.2. The van der Waals surface area contributed by atoms with Crippen LogP contribution in [-0.2, 0) is 17.8 Å². The molecule has 0 saturated carbocycles. The summed E-state index contributed by atoms with van der Waals surface area (Å²) in [5, 5.41) is 4.30. The molecule has 2 aromatic carbocycles. The summed E-state index contributed by atoms with van der Waals surface area (Å²) in [7, 11) is 1.46. The molecule has 0 bridgehead atoms. The highest BCUT2D eigenvalue weighted by molar-refractivity contribution is 6.04. The maximum absolute atomic E-state index is 13.7. The van der Waals surface area contributed by atoms with E-state index in [1.807, 2.05) is 6.07 Å². The number of nitrogens with two attached hydrogens (primary N) is 1. The number of aromatic amines is 1. The van der Waals surface area contributed by atoms with Crippen LogP contribution in [0.3, 0.4) is 0 Å². The molecule has 4 rings (SSSR count). The first-order chi connectivity index (χ1) is 17.3. The van der Waals surface area contributed by atoms with Crippen LogP contribution in [0.1, 0.15) is 22.0 Å². The normalized spacial score (nSPS) is 11.0. The molecule has 2 heterocycles. The fraction of sp³-hybridized carbons (Fsp3) is 0.208. The number of hydrogen-bond acceptors (Lipinski definition) is 7. The van der Waals surface area contributed by atoms with Crippen LogP contribution in [0.15, 0.2) is 64.2 Å². The van der Waals surface area contributed by atoms with E-state index in [1.165, 1.54) is 36.1 Å². The van der Waals surface area contributed by atoms with Gasteiger partial charge in [-0.25, -0.2) is 18.9 Å². The quantitative estimate of drug-likeness (QED) is 0.380. The van der Waals surface area contributed by atoms with Crippen molar-refractivity contribution in [1.29, 1.82) is 0 Å². The minimum atomic E-state index is -0.829. The average Bonchev–Trinajstić information content (AvgIpc) is 3.25. The Bertz CT molecular complexity index is 1490. The number of nitrogens with one attached hydrogen (secondary N) is 1. The van der Waals surface area contributed by atoms with Gasteiger partial charge in [0.05, 0.1) is 25.4 Å². The summed E-state index contributed by atoms with van der Waals surface area (Å²) in [6, 6.07) is 14.5. The number of halogens is 1. The monoisotopic (exact) mass is 493 g/mol. The average molecular weight is 493 g/mol. The first-order valence-corrected chi connectivity index (χ1v) is 11.0. The second-order valence-corrected chi connectivity index (χ2v) is 7.89. The summed E-state index contributed by atoms with van der Waals surface area (Å²) in [4.78, 5) is 46.7. The lowest BCUT2D eigenvalue weighted by molar-refractivity contribution is 0.0974. The summed E-state index contributed by atoms with van der Waals surface area (Å²) in [6.45, 7) is 1.82. The Morgan fingerprint density at radius 1 is 1.14 bits per heavy atom. The molecule has 0 saturated heterocycles. The number of carbonyl (C=O) groups is 1. The fourth-order valence-corrected chi connectivity index (χ4v) is 3.69. The number of aromatic nitrogens is 5. The van der Waals surface area contributed by atoms with Crippen LogP contribution >= 0.6 is 0 Å². The van der Waals surface area contributed by atoms with E-state index in [0.717, 1.165) is 9.47 Å². The fourth-order valence-electron chi connectivity index (χ4n) is 3.69. The van der Waals surface area contributed by atoms with E-state index in [4.69, 9.17) is 10.5 Å². The van der Waals surface area contributed by atoms with E-state index < -0.39 is 23.0 Å². The SMILES string of the molecule is COCCn1c(N)c(N(Cc2ccccc2)C(=O)c2nc(C)n(-c3ccc(F)cc3)n2)c(=O)[nH]c1=O. The molecule has 0 unspecified atom stereocenters. The van der Waals surface area contributed by atoms with Crippen molar-refractivity contribution in [3.63, 3.8) is 0 Å². The first-order valence-electron chi connectivity index (χ1n) is 11.0. The number of H-pyrrole nitrogens is 1. The summed E-state index contributed by atoms with van der Waals surface area (Å²) >= 11 is 0. The van der Waals surface area contributed by atoms with Gasteiger partial charge in [0.25, 0.3) is 11.5 Å². The van der Waals surface area contributed by atoms with Crippen molar-refractivity contribution < 1.29 is 13.9 Å². The Hall–Kier alpha value is -4.58. The van der Waals surface area contributed by atoms with Crippen molar-refractivity contribution in [3.8, 4) is 5.69 Å². The first kappa shape index (κ1) is 24.5. The molecule has 0 radical (unpaired) electrons. The Kier molecular flexibility index (Phi) is 7.06. The van der Waals surface area contributed by atoms with Gasteiger partial charge in [-0.1, -0.05) is 30.3 Å². The number of carbonyl (C=O) groups excluding carboxylic acids is 1. The van der Waals surface area contributed by atoms with E-state index in [9.17, 15) is 18.8 Å². The highest BCUT2D eigenvalue weighted by atomic mass is 19.1. The maximum atomic E-state index is 13.7. The Morgan fingerprint density at radius 3 is 2.50 bits per heavy atom. The predicted molar refractivity (Wildman–Crippen MR) is 131 cm³/mol. The summed E-state index contributed by atoms with van der Waals surface area (Å²) < 4.78 is 20.9. The van der Waals surface area contributed by atoms with Gasteiger partial charge in [-0.2, -0.15) is 0 Å². The third-order valence-electron chi connectivity index (χ3n) is 5.46. The van der Waals surface area contributed by atoms with E-state index >= 15 is 0 Å². The van der Waals surface area contributed by atoms with Crippen LogP contribution in [0.25, 0.3) is 5.69 Å². The van der Waals surface area contributed by atoms with Crippen molar-refractivity contribution in [1.82, 2.24) is 24.3 Å². The molecule has 0 aliphatic rings. The number of amides is 1.